The van der Waals surface area contributed by atoms with Crippen LogP contribution in [-0.4, -0.2) is 11.7 Å². The maximum absolute atomic E-state index is 8.67. The molecule has 0 unspecified atom stereocenters. The van der Waals surface area contributed by atoms with Gasteiger partial charge < -0.3 is 5.11 Å². The number of aliphatic hydroxyl groups excluding tert-OH is 1. The smallest absolute Gasteiger partial charge is 0.0431 e. The molecule has 0 aromatic heterocycles. The van der Waals surface area contributed by atoms with Gasteiger partial charge in [0.25, 0.3) is 0 Å². The van der Waals surface area contributed by atoms with Crippen molar-refractivity contribution >= 4 is 0 Å². The van der Waals surface area contributed by atoms with Crippen LogP contribution in [0, 0.1) is 0 Å². The molecule has 0 heterocycles. The van der Waals surface area contributed by atoms with E-state index in [2.05, 4.69) is 6.08 Å². The van der Waals surface area contributed by atoms with Gasteiger partial charge in [0, 0.05) is 6.61 Å². The first-order valence-electron chi connectivity index (χ1n) is 8.22. The Hall–Kier alpha value is -0.300. The molecule has 1 rings (SSSR count). The van der Waals surface area contributed by atoms with Gasteiger partial charge in [-0.15, -0.1) is 0 Å². The van der Waals surface area contributed by atoms with Crippen LogP contribution < -0.4 is 0 Å². The third kappa shape index (κ3) is 8.74. The van der Waals surface area contributed by atoms with E-state index in [1.807, 2.05) is 0 Å². The standard InChI is InChI=1S/C17H32O/c18-16-12-7-5-3-1-2-4-6-9-13-17-14-10-8-11-15-17/h14,18H,1-13,15-16H2. The minimum Gasteiger partial charge on any atom is -0.396 e. The van der Waals surface area contributed by atoms with Gasteiger partial charge in [0.1, 0.15) is 0 Å². The quantitative estimate of drug-likeness (QED) is 0.386. The number of allylic oxidation sites excluding steroid dienone is 2. The maximum Gasteiger partial charge on any atom is 0.0431 e. The second-order valence-electron chi connectivity index (χ2n) is 5.76. The van der Waals surface area contributed by atoms with Crippen LogP contribution in [-0.2, 0) is 0 Å². The fourth-order valence-electron chi connectivity index (χ4n) is 2.83. The van der Waals surface area contributed by atoms with E-state index in [0.29, 0.717) is 6.61 Å². The summed E-state index contributed by atoms with van der Waals surface area (Å²) in [7, 11) is 0. The highest BCUT2D eigenvalue weighted by atomic mass is 16.2. The number of rotatable bonds is 11. The fraction of sp³-hybridized carbons (Fsp3) is 0.882. The van der Waals surface area contributed by atoms with Gasteiger partial charge >= 0.3 is 0 Å². The lowest BCUT2D eigenvalue weighted by molar-refractivity contribution is 0.282. The largest absolute Gasteiger partial charge is 0.396 e. The minimum atomic E-state index is 0.371. The van der Waals surface area contributed by atoms with Gasteiger partial charge in [-0.3, -0.25) is 0 Å². The zero-order chi connectivity index (χ0) is 12.9. The molecule has 0 saturated carbocycles. The van der Waals surface area contributed by atoms with Gasteiger partial charge in [-0.05, 0) is 44.9 Å². The van der Waals surface area contributed by atoms with E-state index in [1.165, 1.54) is 83.5 Å². The average Bonchev–Trinajstić information content (AvgIpc) is 2.42. The monoisotopic (exact) mass is 252 g/mol. The molecule has 0 fully saturated rings. The fourth-order valence-corrected chi connectivity index (χ4v) is 2.83. The summed E-state index contributed by atoms with van der Waals surface area (Å²) in [6, 6.07) is 0. The molecule has 1 N–H and O–H groups in total. The molecule has 0 amide bonds. The summed E-state index contributed by atoms with van der Waals surface area (Å²) in [5, 5.41) is 8.67. The van der Waals surface area contributed by atoms with Crippen molar-refractivity contribution in [2.24, 2.45) is 0 Å². The summed E-state index contributed by atoms with van der Waals surface area (Å²) in [6.45, 7) is 0.371. The van der Waals surface area contributed by atoms with Crippen molar-refractivity contribution in [3.05, 3.63) is 11.6 Å². The van der Waals surface area contributed by atoms with Crippen molar-refractivity contribution in [1.29, 1.82) is 0 Å². The van der Waals surface area contributed by atoms with Crippen LogP contribution in [0.3, 0.4) is 0 Å². The summed E-state index contributed by atoms with van der Waals surface area (Å²) >= 11 is 0. The van der Waals surface area contributed by atoms with Crippen molar-refractivity contribution in [2.45, 2.75) is 89.9 Å². The highest BCUT2D eigenvalue weighted by Gasteiger charge is 2.02. The van der Waals surface area contributed by atoms with E-state index in [0.717, 1.165) is 6.42 Å². The first-order valence-corrected chi connectivity index (χ1v) is 8.22. The Morgan fingerprint density at radius 3 is 1.94 bits per heavy atom. The van der Waals surface area contributed by atoms with Crippen molar-refractivity contribution in [3.8, 4) is 0 Å². The molecule has 0 saturated heterocycles. The van der Waals surface area contributed by atoms with E-state index in [1.54, 1.807) is 5.57 Å². The number of hydrogen-bond donors (Lipinski definition) is 1. The van der Waals surface area contributed by atoms with Crippen LogP contribution >= 0.6 is 0 Å². The van der Waals surface area contributed by atoms with Gasteiger partial charge in [-0.2, -0.15) is 0 Å². The molecule has 0 aromatic carbocycles. The molecular formula is C17H32O. The van der Waals surface area contributed by atoms with Crippen LogP contribution in [0.4, 0.5) is 0 Å². The molecule has 106 valence electrons. The summed E-state index contributed by atoms with van der Waals surface area (Å²) in [4.78, 5) is 0. The van der Waals surface area contributed by atoms with Crippen LogP contribution in [0.2, 0.25) is 0 Å². The summed E-state index contributed by atoms with van der Waals surface area (Å²) < 4.78 is 0. The van der Waals surface area contributed by atoms with Gasteiger partial charge in [0.2, 0.25) is 0 Å². The third-order valence-electron chi connectivity index (χ3n) is 4.04. The maximum atomic E-state index is 8.67. The highest BCUT2D eigenvalue weighted by Crippen LogP contribution is 2.22. The molecule has 0 aromatic rings. The second kappa shape index (κ2) is 11.8. The third-order valence-corrected chi connectivity index (χ3v) is 4.04. The zero-order valence-corrected chi connectivity index (χ0v) is 12.1. The Morgan fingerprint density at radius 1 is 0.778 bits per heavy atom. The molecule has 0 aliphatic heterocycles. The van der Waals surface area contributed by atoms with Gasteiger partial charge in [-0.25, -0.2) is 0 Å². The molecule has 0 atom stereocenters. The first kappa shape index (κ1) is 15.8. The Bertz CT molecular complexity index is 208. The van der Waals surface area contributed by atoms with E-state index in [4.69, 9.17) is 5.11 Å². The van der Waals surface area contributed by atoms with E-state index >= 15 is 0 Å². The highest BCUT2D eigenvalue weighted by molar-refractivity contribution is 5.04. The van der Waals surface area contributed by atoms with Crippen molar-refractivity contribution in [3.63, 3.8) is 0 Å². The summed E-state index contributed by atoms with van der Waals surface area (Å²) in [5.74, 6) is 0. The van der Waals surface area contributed by atoms with E-state index in [-0.39, 0.29) is 0 Å². The second-order valence-corrected chi connectivity index (χ2v) is 5.76. The molecule has 18 heavy (non-hydrogen) atoms. The summed E-state index contributed by atoms with van der Waals surface area (Å²) in [5.41, 5.74) is 1.74. The lowest BCUT2D eigenvalue weighted by Gasteiger charge is -2.12. The van der Waals surface area contributed by atoms with Gasteiger partial charge in [-0.1, -0.05) is 56.6 Å². The molecule has 0 bridgehead atoms. The first-order chi connectivity index (χ1) is 8.93. The van der Waals surface area contributed by atoms with Crippen LogP contribution in [0.5, 0.6) is 0 Å². The summed E-state index contributed by atoms with van der Waals surface area (Å²) in [6.07, 6.45) is 21.4. The number of unbranched alkanes of at least 4 members (excludes halogenated alkanes) is 8. The molecule has 1 nitrogen and oxygen atoms in total. The van der Waals surface area contributed by atoms with E-state index < -0.39 is 0 Å². The number of aliphatic hydroxyl groups is 1. The molecule has 1 aliphatic carbocycles. The molecule has 1 aliphatic rings. The van der Waals surface area contributed by atoms with Crippen molar-refractivity contribution in [1.82, 2.24) is 0 Å². The normalized spacial score (nSPS) is 15.7. The SMILES string of the molecule is OCCCCCCCCCCCC1=CCCCC1. The topological polar surface area (TPSA) is 20.2 Å². The van der Waals surface area contributed by atoms with Crippen LogP contribution in [0.1, 0.15) is 89.9 Å². The molecular weight excluding hydrogens is 220 g/mol. The molecule has 0 spiro atoms. The van der Waals surface area contributed by atoms with Gasteiger partial charge in [0.15, 0.2) is 0 Å². The molecule has 0 radical (unpaired) electrons. The number of hydrogen-bond acceptors (Lipinski definition) is 1. The van der Waals surface area contributed by atoms with Crippen LogP contribution in [0.25, 0.3) is 0 Å². The van der Waals surface area contributed by atoms with E-state index in [9.17, 15) is 0 Å². The average molecular weight is 252 g/mol. The molecule has 1 heteroatoms. The van der Waals surface area contributed by atoms with Crippen molar-refractivity contribution in [2.75, 3.05) is 6.61 Å². The Labute approximate surface area is 114 Å². The lowest BCUT2D eigenvalue weighted by Crippen LogP contribution is -1.92. The Balaban J connectivity index is 1.77. The van der Waals surface area contributed by atoms with Gasteiger partial charge in [0.05, 0.1) is 0 Å². The zero-order valence-electron chi connectivity index (χ0n) is 12.1. The Kier molecular flexibility index (Phi) is 10.3. The predicted octanol–water partition coefficient (Wildman–Crippen LogP) is 5.38. The van der Waals surface area contributed by atoms with Crippen molar-refractivity contribution < 1.29 is 5.11 Å². The Morgan fingerprint density at radius 2 is 1.39 bits per heavy atom. The lowest BCUT2D eigenvalue weighted by atomic mass is 9.95. The van der Waals surface area contributed by atoms with Crippen LogP contribution in [0.15, 0.2) is 11.6 Å². The predicted molar refractivity (Wildman–Crippen MR) is 79.8 cm³/mol. The minimum absolute atomic E-state index is 0.371.